The number of esters is 1. The summed E-state index contributed by atoms with van der Waals surface area (Å²) in [5.74, 6) is 1.39. The van der Waals surface area contributed by atoms with Crippen molar-refractivity contribution in [2.75, 3.05) is 0 Å². The second-order valence-corrected chi connectivity index (χ2v) is 5.80. The third-order valence-corrected chi connectivity index (χ3v) is 3.22. The molecule has 0 unspecified atom stereocenters. The molecule has 0 N–H and O–H groups in total. The molecule has 0 atom stereocenters. The Balaban J connectivity index is 2.02. The van der Waals surface area contributed by atoms with Gasteiger partial charge in [0.05, 0.1) is 11.7 Å². The van der Waals surface area contributed by atoms with E-state index in [1.54, 1.807) is 24.3 Å². The van der Waals surface area contributed by atoms with Gasteiger partial charge in [-0.1, -0.05) is 26.0 Å². The molecule has 0 saturated carbocycles. The summed E-state index contributed by atoms with van der Waals surface area (Å²) in [7, 11) is 0. The maximum absolute atomic E-state index is 12.1. The van der Waals surface area contributed by atoms with Crippen LogP contribution in [0.5, 0.6) is 11.5 Å². The number of benzene rings is 2. The van der Waals surface area contributed by atoms with Gasteiger partial charge in [0, 0.05) is 0 Å². The summed E-state index contributed by atoms with van der Waals surface area (Å²) in [6.45, 7) is 8.18. The predicted molar refractivity (Wildman–Crippen MR) is 87.7 cm³/mol. The normalized spacial score (nSPS) is 10.8. The molecule has 116 valence electrons. The molecule has 22 heavy (non-hydrogen) atoms. The van der Waals surface area contributed by atoms with Crippen molar-refractivity contribution in [2.24, 2.45) is 0 Å². The van der Waals surface area contributed by atoms with Crippen molar-refractivity contribution in [3.63, 3.8) is 0 Å². The van der Waals surface area contributed by atoms with Crippen LogP contribution in [0.1, 0.15) is 49.5 Å². The Morgan fingerprint density at radius 1 is 0.818 bits per heavy atom. The zero-order valence-corrected chi connectivity index (χ0v) is 13.5. The van der Waals surface area contributed by atoms with Gasteiger partial charge >= 0.3 is 5.97 Å². The molecule has 0 aliphatic heterocycles. The van der Waals surface area contributed by atoms with Gasteiger partial charge < -0.3 is 9.47 Å². The Hall–Kier alpha value is -2.29. The molecular formula is C19H22O3. The van der Waals surface area contributed by atoms with E-state index < -0.39 is 0 Å². The van der Waals surface area contributed by atoms with Gasteiger partial charge in [-0.25, -0.2) is 4.79 Å². The molecule has 2 aromatic carbocycles. The van der Waals surface area contributed by atoms with Gasteiger partial charge in [-0.2, -0.15) is 0 Å². The summed E-state index contributed by atoms with van der Waals surface area (Å²) in [6, 6.07) is 14.6. The van der Waals surface area contributed by atoms with Crippen molar-refractivity contribution in [1.82, 2.24) is 0 Å². The molecule has 2 aromatic rings. The molecule has 0 fully saturated rings. The molecular weight excluding hydrogens is 276 g/mol. The van der Waals surface area contributed by atoms with Crippen LogP contribution in [0, 0.1) is 0 Å². The summed E-state index contributed by atoms with van der Waals surface area (Å²) in [6.07, 6.45) is 0.109. The number of hydrogen-bond donors (Lipinski definition) is 0. The number of carbonyl (C=O) groups excluding carboxylic acids is 1. The second-order valence-electron chi connectivity index (χ2n) is 5.80. The van der Waals surface area contributed by atoms with Crippen LogP contribution in [0.3, 0.4) is 0 Å². The molecule has 3 nitrogen and oxygen atoms in total. The maximum atomic E-state index is 12.1. The van der Waals surface area contributed by atoms with Gasteiger partial charge in [-0.15, -0.1) is 0 Å². The Morgan fingerprint density at radius 2 is 1.36 bits per heavy atom. The summed E-state index contributed by atoms with van der Waals surface area (Å²) in [4.78, 5) is 12.1. The Morgan fingerprint density at radius 3 is 1.86 bits per heavy atom. The van der Waals surface area contributed by atoms with E-state index >= 15 is 0 Å². The number of rotatable bonds is 5. The molecule has 3 heteroatoms. The van der Waals surface area contributed by atoms with Gasteiger partial charge in [0.15, 0.2) is 0 Å². The van der Waals surface area contributed by atoms with E-state index in [0.29, 0.717) is 17.2 Å². The highest BCUT2D eigenvalue weighted by Gasteiger charge is 2.09. The topological polar surface area (TPSA) is 35.5 Å². The third kappa shape index (κ3) is 4.35. The molecule has 0 aliphatic rings. The van der Waals surface area contributed by atoms with Crippen LogP contribution in [0.4, 0.5) is 0 Å². The molecule has 2 rings (SSSR count). The summed E-state index contributed by atoms with van der Waals surface area (Å²) in [5, 5.41) is 0. The zero-order valence-electron chi connectivity index (χ0n) is 13.5. The average molecular weight is 298 g/mol. The highest BCUT2D eigenvalue weighted by atomic mass is 16.5. The first-order valence-corrected chi connectivity index (χ1v) is 7.54. The smallest absolute Gasteiger partial charge is 0.343 e. The van der Waals surface area contributed by atoms with E-state index in [2.05, 4.69) is 13.8 Å². The van der Waals surface area contributed by atoms with Crippen LogP contribution in [0.25, 0.3) is 0 Å². The van der Waals surface area contributed by atoms with E-state index in [1.165, 1.54) is 5.56 Å². The lowest BCUT2D eigenvalue weighted by Gasteiger charge is -2.10. The largest absolute Gasteiger partial charge is 0.491 e. The molecule has 0 radical (unpaired) electrons. The van der Waals surface area contributed by atoms with Crippen molar-refractivity contribution < 1.29 is 14.3 Å². The van der Waals surface area contributed by atoms with Crippen LogP contribution < -0.4 is 9.47 Å². The lowest BCUT2D eigenvalue weighted by molar-refractivity contribution is 0.0734. The molecule has 0 spiro atoms. The Bertz CT molecular complexity index is 610. The maximum Gasteiger partial charge on any atom is 0.343 e. The minimum Gasteiger partial charge on any atom is -0.491 e. The fourth-order valence-corrected chi connectivity index (χ4v) is 2.03. The number of ether oxygens (including phenoxy) is 2. The van der Waals surface area contributed by atoms with Gasteiger partial charge in [0.2, 0.25) is 0 Å². The van der Waals surface area contributed by atoms with Crippen molar-refractivity contribution in [1.29, 1.82) is 0 Å². The minimum absolute atomic E-state index is 0.109. The van der Waals surface area contributed by atoms with E-state index in [1.807, 2.05) is 38.1 Å². The number of carbonyl (C=O) groups is 1. The van der Waals surface area contributed by atoms with Gasteiger partial charge in [-0.05, 0) is 61.7 Å². The van der Waals surface area contributed by atoms with Crippen molar-refractivity contribution in [3.05, 3.63) is 59.7 Å². The number of hydrogen-bond acceptors (Lipinski definition) is 3. The van der Waals surface area contributed by atoms with Gasteiger partial charge in [0.1, 0.15) is 11.5 Å². The van der Waals surface area contributed by atoms with Crippen LogP contribution in [-0.2, 0) is 0 Å². The van der Waals surface area contributed by atoms with E-state index in [9.17, 15) is 4.79 Å². The fourth-order valence-electron chi connectivity index (χ4n) is 2.03. The van der Waals surface area contributed by atoms with Crippen molar-refractivity contribution in [2.45, 2.75) is 39.7 Å². The Kier molecular flexibility index (Phi) is 5.21. The van der Waals surface area contributed by atoms with Crippen LogP contribution >= 0.6 is 0 Å². The van der Waals surface area contributed by atoms with E-state index in [-0.39, 0.29) is 12.1 Å². The van der Waals surface area contributed by atoms with Gasteiger partial charge in [0.25, 0.3) is 0 Å². The highest BCUT2D eigenvalue weighted by Crippen LogP contribution is 2.20. The summed E-state index contributed by atoms with van der Waals surface area (Å²) >= 11 is 0. The summed E-state index contributed by atoms with van der Waals surface area (Å²) in [5.41, 5.74) is 1.72. The molecule has 0 heterocycles. The predicted octanol–water partition coefficient (Wildman–Crippen LogP) is 4.82. The zero-order chi connectivity index (χ0) is 16.1. The molecule has 0 amide bonds. The van der Waals surface area contributed by atoms with E-state index in [0.717, 1.165) is 5.75 Å². The monoisotopic (exact) mass is 298 g/mol. The third-order valence-electron chi connectivity index (χ3n) is 3.22. The quantitative estimate of drug-likeness (QED) is 0.586. The standard InChI is InChI=1S/C19H22O3/c1-13(2)15-5-9-18(10-6-15)22-19(20)16-7-11-17(12-8-16)21-14(3)4/h5-14H,1-4H3. The Labute approximate surface area is 131 Å². The first-order chi connectivity index (χ1) is 10.5. The second kappa shape index (κ2) is 7.12. The average Bonchev–Trinajstić information content (AvgIpc) is 2.48. The molecule has 0 aromatic heterocycles. The van der Waals surface area contributed by atoms with Crippen LogP contribution in [0.15, 0.2) is 48.5 Å². The molecule has 0 aliphatic carbocycles. The lowest BCUT2D eigenvalue weighted by atomic mass is 10.0. The first-order valence-electron chi connectivity index (χ1n) is 7.54. The molecule has 0 saturated heterocycles. The first kappa shape index (κ1) is 16.1. The van der Waals surface area contributed by atoms with E-state index in [4.69, 9.17) is 9.47 Å². The van der Waals surface area contributed by atoms with Crippen molar-refractivity contribution in [3.8, 4) is 11.5 Å². The summed E-state index contributed by atoms with van der Waals surface area (Å²) < 4.78 is 10.9. The minimum atomic E-state index is -0.367. The highest BCUT2D eigenvalue weighted by molar-refractivity contribution is 5.91. The van der Waals surface area contributed by atoms with Gasteiger partial charge in [-0.3, -0.25) is 0 Å². The van der Waals surface area contributed by atoms with Crippen LogP contribution in [0.2, 0.25) is 0 Å². The SMILES string of the molecule is CC(C)Oc1ccc(C(=O)Oc2ccc(C(C)C)cc2)cc1. The van der Waals surface area contributed by atoms with Crippen LogP contribution in [-0.4, -0.2) is 12.1 Å². The molecule has 0 bridgehead atoms. The lowest BCUT2D eigenvalue weighted by Crippen LogP contribution is -2.09. The van der Waals surface area contributed by atoms with Crippen molar-refractivity contribution >= 4 is 5.97 Å². The fraction of sp³-hybridized carbons (Fsp3) is 0.316.